The van der Waals surface area contributed by atoms with Crippen LogP contribution in [0.4, 0.5) is 0 Å². The van der Waals surface area contributed by atoms with Gasteiger partial charge in [-0.3, -0.25) is 14.8 Å². The molecule has 0 aliphatic carbocycles. The number of aryl methyl sites for hydroxylation is 1. The second-order valence-corrected chi connectivity index (χ2v) is 6.73. The third-order valence-corrected chi connectivity index (χ3v) is 4.87. The Hall–Kier alpha value is -2.57. The molecule has 0 atom stereocenters. The van der Waals surface area contributed by atoms with Crippen molar-refractivity contribution >= 4 is 0 Å². The van der Waals surface area contributed by atoms with Crippen LogP contribution in [0.1, 0.15) is 17.0 Å². The summed E-state index contributed by atoms with van der Waals surface area (Å²) in [4.78, 5) is 13.5. The lowest BCUT2D eigenvalue weighted by atomic mass is 10.1. The molecule has 0 spiro atoms. The first-order valence-corrected chi connectivity index (χ1v) is 9.00. The van der Waals surface area contributed by atoms with Gasteiger partial charge >= 0.3 is 0 Å². The van der Waals surface area contributed by atoms with Crippen molar-refractivity contribution in [3.63, 3.8) is 0 Å². The summed E-state index contributed by atoms with van der Waals surface area (Å²) in [6, 6.07) is 12.4. The first-order chi connectivity index (χ1) is 12.8. The molecule has 0 N–H and O–H groups in total. The van der Waals surface area contributed by atoms with E-state index >= 15 is 0 Å². The predicted octanol–water partition coefficient (Wildman–Crippen LogP) is 2.76. The van der Waals surface area contributed by atoms with Crippen LogP contribution in [0.3, 0.4) is 0 Å². The van der Waals surface area contributed by atoms with E-state index in [0.717, 1.165) is 38.3 Å². The van der Waals surface area contributed by atoms with Crippen LogP contribution >= 0.6 is 0 Å². The van der Waals surface area contributed by atoms with Gasteiger partial charge in [-0.1, -0.05) is 29.4 Å². The van der Waals surface area contributed by atoms with Gasteiger partial charge in [-0.25, -0.2) is 0 Å². The fraction of sp³-hybridized carbons (Fsp3) is 0.350. The summed E-state index contributed by atoms with van der Waals surface area (Å²) < 4.78 is 5.42. The van der Waals surface area contributed by atoms with Gasteiger partial charge in [0.1, 0.15) is 0 Å². The quantitative estimate of drug-likeness (QED) is 0.706. The largest absolute Gasteiger partial charge is 0.338 e. The van der Waals surface area contributed by atoms with Gasteiger partial charge < -0.3 is 4.52 Å². The molecule has 1 fully saturated rings. The van der Waals surface area contributed by atoms with Crippen molar-refractivity contribution in [3.8, 4) is 11.4 Å². The van der Waals surface area contributed by atoms with Crippen LogP contribution in [0.15, 0.2) is 53.3 Å². The fourth-order valence-electron chi connectivity index (χ4n) is 3.26. The summed E-state index contributed by atoms with van der Waals surface area (Å²) in [7, 11) is 0. The molecule has 2 aromatic heterocycles. The number of piperazine rings is 1. The lowest BCUT2D eigenvalue weighted by molar-refractivity contribution is 0.112. The zero-order valence-electron chi connectivity index (χ0n) is 15.0. The number of hydrogen-bond acceptors (Lipinski definition) is 6. The smallest absolute Gasteiger partial charge is 0.241 e. The maximum Gasteiger partial charge on any atom is 0.241 e. The molecule has 0 radical (unpaired) electrons. The third-order valence-electron chi connectivity index (χ3n) is 4.87. The molecule has 26 heavy (non-hydrogen) atoms. The molecule has 0 unspecified atom stereocenters. The minimum atomic E-state index is 0.603. The van der Waals surface area contributed by atoms with Crippen LogP contribution in [0.5, 0.6) is 0 Å². The van der Waals surface area contributed by atoms with Crippen molar-refractivity contribution in [2.45, 2.75) is 20.0 Å². The van der Waals surface area contributed by atoms with Crippen LogP contribution in [0.25, 0.3) is 11.4 Å². The van der Waals surface area contributed by atoms with Gasteiger partial charge in [0.15, 0.2) is 0 Å². The summed E-state index contributed by atoms with van der Waals surface area (Å²) in [6.45, 7) is 8.03. The second kappa shape index (κ2) is 7.76. The van der Waals surface area contributed by atoms with E-state index in [-0.39, 0.29) is 0 Å². The Morgan fingerprint density at radius 3 is 2.46 bits per heavy atom. The number of aromatic nitrogens is 3. The number of pyridine rings is 1. The normalized spacial score (nSPS) is 16.0. The molecule has 0 bridgehead atoms. The van der Waals surface area contributed by atoms with E-state index in [1.165, 1.54) is 11.1 Å². The predicted molar refractivity (Wildman–Crippen MR) is 99.3 cm³/mol. The average molecular weight is 349 g/mol. The van der Waals surface area contributed by atoms with Gasteiger partial charge in [-0.05, 0) is 30.2 Å². The van der Waals surface area contributed by atoms with Crippen molar-refractivity contribution < 1.29 is 4.52 Å². The highest BCUT2D eigenvalue weighted by molar-refractivity contribution is 5.51. The standard InChI is InChI=1S/C20H23N5O/c1-16-5-2-3-6-18(16)14-24-9-11-25(12-10-24)15-19-22-20(23-26-19)17-7-4-8-21-13-17/h2-8,13H,9-12,14-15H2,1H3. The lowest BCUT2D eigenvalue weighted by Crippen LogP contribution is -2.45. The Morgan fingerprint density at radius 2 is 1.73 bits per heavy atom. The Labute approximate surface area is 153 Å². The summed E-state index contributed by atoms with van der Waals surface area (Å²) in [5, 5.41) is 4.07. The SMILES string of the molecule is Cc1ccccc1CN1CCN(Cc2nc(-c3cccnc3)no2)CC1. The van der Waals surface area contributed by atoms with Gasteiger partial charge in [0.25, 0.3) is 0 Å². The zero-order chi connectivity index (χ0) is 17.8. The van der Waals surface area contributed by atoms with Crippen molar-refractivity contribution in [2.75, 3.05) is 26.2 Å². The minimum absolute atomic E-state index is 0.603. The summed E-state index contributed by atoms with van der Waals surface area (Å²) >= 11 is 0. The van der Waals surface area contributed by atoms with Gasteiger partial charge in [-0.15, -0.1) is 0 Å². The third kappa shape index (κ3) is 3.98. The maximum absolute atomic E-state index is 5.42. The summed E-state index contributed by atoms with van der Waals surface area (Å²) in [5.41, 5.74) is 3.66. The first kappa shape index (κ1) is 16.9. The average Bonchev–Trinajstić information content (AvgIpc) is 3.14. The van der Waals surface area contributed by atoms with Crippen LogP contribution < -0.4 is 0 Å². The molecule has 6 nitrogen and oxygen atoms in total. The number of hydrogen-bond donors (Lipinski definition) is 0. The van der Waals surface area contributed by atoms with Crippen LogP contribution in [-0.2, 0) is 13.1 Å². The van der Waals surface area contributed by atoms with Crippen LogP contribution in [0.2, 0.25) is 0 Å². The van der Waals surface area contributed by atoms with Crippen molar-refractivity contribution in [2.24, 2.45) is 0 Å². The molecule has 3 aromatic rings. The number of rotatable bonds is 5. The molecule has 1 saturated heterocycles. The molecular formula is C20H23N5O. The second-order valence-electron chi connectivity index (χ2n) is 6.73. The highest BCUT2D eigenvalue weighted by Crippen LogP contribution is 2.16. The Bertz CT molecular complexity index is 840. The van der Waals surface area contributed by atoms with E-state index in [9.17, 15) is 0 Å². The van der Waals surface area contributed by atoms with Gasteiger partial charge in [0.2, 0.25) is 11.7 Å². The number of nitrogens with zero attached hydrogens (tertiary/aromatic N) is 5. The van der Waals surface area contributed by atoms with Gasteiger partial charge in [0, 0.05) is 50.7 Å². The Morgan fingerprint density at radius 1 is 0.962 bits per heavy atom. The van der Waals surface area contributed by atoms with Gasteiger partial charge in [0.05, 0.1) is 6.54 Å². The molecule has 1 aromatic carbocycles. The minimum Gasteiger partial charge on any atom is -0.338 e. The topological polar surface area (TPSA) is 58.3 Å². The first-order valence-electron chi connectivity index (χ1n) is 9.00. The van der Waals surface area contributed by atoms with Crippen molar-refractivity contribution in [1.29, 1.82) is 0 Å². The van der Waals surface area contributed by atoms with E-state index in [4.69, 9.17) is 4.52 Å². The summed E-state index contributed by atoms with van der Waals surface area (Å²) in [6.07, 6.45) is 3.49. The zero-order valence-corrected chi connectivity index (χ0v) is 15.0. The molecule has 4 rings (SSSR count). The summed E-state index contributed by atoms with van der Waals surface area (Å²) in [5.74, 6) is 1.27. The van der Waals surface area contributed by atoms with E-state index in [1.54, 1.807) is 12.4 Å². The van der Waals surface area contributed by atoms with E-state index < -0.39 is 0 Å². The van der Waals surface area contributed by atoms with Crippen LogP contribution in [0, 0.1) is 6.92 Å². The van der Waals surface area contributed by atoms with Crippen LogP contribution in [-0.4, -0.2) is 51.1 Å². The molecule has 0 saturated carbocycles. The Kier molecular flexibility index (Phi) is 5.04. The van der Waals surface area contributed by atoms with E-state index in [2.05, 4.69) is 56.1 Å². The van der Waals surface area contributed by atoms with Crippen molar-refractivity contribution in [1.82, 2.24) is 24.9 Å². The molecule has 0 amide bonds. The highest BCUT2D eigenvalue weighted by atomic mass is 16.5. The molecule has 1 aliphatic rings. The molecule has 134 valence electrons. The molecule has 6 heteroatoms. The maximum atomic E-state index is 5.42. The fourth-order valence-corrected chi connectivity index (χ4v) is 3.26. The van der Waals surface area contributed by atoms with E-state index in [0.29, 0.717) is 18.3 Å². The Balaban J connectivity index is 1.30. The lowest BCUT2D eigenvalue weighted by Gasteiger charge is -2.34. The molecule has 3 heterocycles. The molecular weight excluding hydrogens is 326 g/mol. The van der Waals surface area contributed by atoms with Gasteiger partial charge in [-0.2, -0.15) is 4.98 Å². The van der Waals surface area contributed by atoms with E-state index in [1.807, 2.05) is 12.1 Å². The molecule has 1 aliphatic heterocycles. The van der Waals surface area contributed by atoms with Crippen molar-refractivity contribution in [3.05, 3.63) is 65.8 Å². The monoisotopic (exact) mass is 349 g/mol. The highest BCUT2D eigenvalue weighted by Gasteiger charge is 2.20. The number of benzene rings is 1.